The van der Waals surface area contributed by atoms with Gasteiger partial charge >= 0.3 is 0 Å². The molecule has 0 N–H and O–H groups in total. The van der Waals surface area contributed by atoms with Crippen molar-refractivity contribution in [3.63, 3.8) is 0 Å². The van der Waals surface area contributed by atoms with Crippen LogP contribution in [0.2, 0.25) is 0 Å². The lowest BCUT2D eigenvalue weighted by atomic mass is 10.2. The molecule has 0 aliphatic rings. The minimum atomic E-state index is 0.330. The third-order valence-electron chi connectivity index (χ3n) is 3.31. The fourth-order valence-electron chi connectivity index (χ4n) is 2.36. The van der Waals surface area contributed by atoms with Crippen molar-refractivity contribution >= 4 is 34.0 Å². The van der Waals surface area contributed by atoms with E-state index < -0.39 is 0 Å². The first kappa shape index (κ1) is 14.1. The average molecular weight is 317 g/mol. The van der Waals surface area contributed by atoms with Crippen LogP contribution >= 0.6 is 22.9 Å². The van der Waals surface area contributed by atoms with Crippen LogP contribution in [0.5, 0.6) is 0 Å². The molecule has 3 rings (SSSR count). The lowest BCUT2D eigenvalue weighted by Gasteiger charge is -2.06. The Bertz CT molecular complexity index is 828. The summed E-state index contributed by atoms with van der Waals surface area (Å²) in [5.41, 5.74) is 3.32. The molecule has 0 fully saturated rings. The maximum atomic E-state index is 9.18. The highest BCUT2D eigenvalue weighted by atomic mass is 35.5. The molecule has 0 saturated heterocycles. The van der Waals surface area contributed by atoms with Gasteiger partial charge < -0.3 is 4.57 Å². The van der Waals surface area contributed by atoms with Crippen LogP contribution in [-0.2, 0) is 18.8 Å². The zero-order valence-corrected chi connectivity index (χ0v) is 13.1. The molecular formula is C15H13ClN4S. The molecule has 0 saturated carbocycles. The molecule has 0 radical (unpaired) electrons. The zero-order chi connectivity index (χ0) is 14.8. The number of halogens is 1. The van der Waals surface area contributed by atoms with Gasteiger partial charge in [0, 0.05) is 24.0 Å². The van der Waals surface area contributed by atoms with E-state index >= 15 is 0 Å². The molecule has 0 atom stereocenters. The second-order valence-electron chi connectivity index (χ2n) is 4.73. The number of nitrogens with zero attached hydrogens (tertiary/aromatic N) is 4. The van der Waals surface area contributed by atoms with Crippen molar-refractivity contribution in [3.8, 4) is 6.07 Å². The third-order valence-corrected chi connectivity index (χ3v) is 4.58. The number of para-hydroxylation sites is 1. The van der Waals surface area contributed by atoms with Crippen LogP contribution in [0.25, 0.3) is 11.0 Å². The monoisotopic (exact) mass is 316 g/mol. The summed E-state index contributed by atoms with van der Waals surface area (Å²) >= 11 is 7.67. The Balaban J connectivity index is 1.99. The number of benzene rings is 1. The average Bonchev–Trinajstić information content (AvgIpc) is 3.07. The van der Waals surface area contributed by atoms with E-state index in [0.717, 1.165) is 40.5 Å². The Morgan fingerprint density at radius 1 is 1.38 bits per heavy atom. The molecule has 0 amide bonds. The van der Waals surface area contributed by atoms with E-state index in [1.807, 2.05) is 19.1 Å². The fraction of sp³-hybridized carbons (Fsp3) is 0.267. The molecule has 2 heterocycles. The molecule has 21 heavy (non-hydrogen) atoms. The molecule has 0 aliphatic carbocycles. The van der Waals surface area contributed by atoms with Crippen molar-refractivity contribution in [1.82, 2.24) is 14.5 Å². The summed E-state index contributed by atoms with van der Waals surface area (Å²) in [6.07, 6.45) is 0.838. The van der Waals surface area contributed by atoms with Crippen LogP contribution in [0.3, 0.4) is 0 Å². The first-order chi connectivity index (χ1) is 10.2. The molecular weight excluding hydrogens is 304 g/mol. The number of rotatable bonds is 4. The highest BCUT2D eigenvalue weighted by Crippen LogP contribution is 2.22. The Labute approximate surface area is 131 Å². The van der Waals surface area contributed by atoms with Gasteiger partial charge in [0.25, 0.3) is 0 Å². The van der Waals surface area contributed by atoms with Gasteiger partial charge in [0.15, 0.2) is 0 Å². The van der Waals surface area contributed by atoms with Gasteiger partial charge in [-0.25, -0.2) is 9.97 Å². The summed E-state index contributed by atoms with van der Waals surface area (Å²) in [5, 5.41) is 12.3. The van der Waals surface area contributed by atoms with Gasteiger partial charge in [0.2, 0.25) is 0 Å². The largest absolute Gasteiger partial charge is 0.327 e. The highest BCUT2D eigenvalue weighted by Gasteiger charge is 2.13. The zero-order valence-electron chi connectivity index (χ0n) is 11.5. The molecule has 4 nitrogen and oxygen atoms in total. The van der Waals surface area contributed by atoms with Crippen LogP contribution in [0.1, 0.15) is 22.1 Å². The molecule has 6 heteroatoms. The van der Waals surface area contributed by atoms with E-state index in [2.05, 4.69) is 26.0 Å². The van der Waals surface area contributed by atoms with Crippen LogP contribution < -0.4 is 0 Å². The SMILES string of the molecule is Cc1csc(CCn2c(CCl)nc3c(C#N)cccc32)n1. The second kappa shape index (κ2) is 5.84. The lowest BCUT2D eigenvalue weighted by molar-refractivity contribution is 0.685. The van der Waals surface area contributed by atoms with Crippen molar-refractivity contribution in [1.29, 1.82) is 5.26 Å². The molecule has 0 bridgehead atoms. The van der Waals surface area contributed by atoms with E-state index in [1.54, 1.807) is 17.4 Å². The summed E-state index contributed by atoms with van der Waals surface area (Å²) < 4.78 is 2.08. The number of nitriles is 1. The summed E-state index contributed by atoms with van der Waals surface area (Å²) in [6.45, 7) is 2.76. The van der Waals surface area contributed by atoms with Crippen LogP contribution in [0.4, 0.5) is 0 Å². The van der Waals surface area contributed by atoms with Crippen molar-refractivity contribution in [2.45, 2.75) is 25.8 Å². The number of aryl methyl sites for hydroxylation is 3. The first-order valence-electron chi connectivity index (χ1n) is 6.58. The van der Waals surface area contributed by atoms with Gasteiger partial charge in [-0.1, -0.05) is 6.07 Å². The fourth-order valence-corrected chi connectivity index (χ4v) is 3.33. The van der Waals surface area contributed by atoms with E-state index in [4.69, 9.17) is 11.6 Å². The minimum Gasteiger partial charge on any atom is -0.327 e. The Kier molecular flexibility index (Phi) is 3.91. The Morgan fingerprint density at radius 3 is 2.90 bits per heavy atom. The predicted molar refractivity (Wildman–Crippen MR) is 84.6 cm³/mol. The molecule has 0 spiro atoms. The quantitative estimate of drug-likeness (QED) is 0.690. The number of thiazole rings is 1. The summed E-state index contributed by atoms with van der Waals surface area (Å²) in [5.74, 6) is 1.12. The van der Waals surface area contributed by atoms with Crippen molar-refractivity contribution in [2.75, 3.05) is 0 Å². The number of fused-ring (bicyclic) bond motifs is 1. The van der Waals surface area contributed by atoms with Crippen molar-refractivity contribution in [3.05, 3.63) is 45.7 Å². The van der Waals surface area contributed by atoms with Gasteiger partial charge in [-0.15, -0.1) is 22.9 Å². The summed E-state index contributed by atoms with van der Waals surface area (Å²) in [7, 11) is 0. The standard InChI is InChI=1S/C15H13ClN4S/c1-10-9-21-14(18-10)5-6-20-12-4-2-3-11(8-17)15(12)19-13(20)7-16/h2-4,9H,5-7H2,1H3. The van der Waals surface area contributed by atoms with Crippen LogP contribution in [0.15, 0.2) is 23.6 Å². The van der Waals surface area contributed by atoms with E-state index in [0.29, 0.717) is 11.4 Å². The number of hydrogen-bond donors (Lipinski definition) is 0. The predicted octanol–water partition coefficient (Wildman–Crippen LogP) is 3.65. The molecule has 1 aromatic carbocycles. The molecule has 3 aromatic rings. The third kappa shape index (κ3) is 2.65. The van der Waals surface area contributed by atoms with E-state index in [-0.39, 0.29) is 0 Å². The molecule has 2 aromatic heterocycles. The molecule has 0 aliphatic heterocycles. The highest BCUT2D eigenvalue weighted by molar-refractivity contribution is 7.09. The van der Waals surface area contributed by atoms with Gasteiger partial charge in [0.05, 0.1) is 22.0 Å². The maximum absolute atomic E-state index is 9.18. The van der Waals surface area contributed by atoms with Gasteiger partial charge in [0.1, 0.15) is 17.4 Å². The van der Waals surface area contributed by atoms with E-state index in [1.165, 1.54) is 0 Å². The normalized spacial score (nSPS) is 10.9. The smallest absolute Gasteiger partial charge is 0.124 e. The molecule has 106 valence electrons. The topological polar surface area (TPSA) is 54.5 Å². The summed E-state index contributed by atoms with van der Waals surface area (Å²) in [6, 6.07) is 7.82. The second-order valence-corrected chi connectivity index (χ2v) is 5.94. The van der Waals surface area contributed by atoms with Gasteiger partial charge in [-0.05, 0) is 19.1 Å². The van der Waals surface area contributed by atoms with Crippen LogP contribution in [0, 0.1) is 18.3 Å². The van der Waals surface area contributed by atoms with Gasteiger partial charge in [-0.3, -0.25) is 0 Å². The van der Waals surface area contributed by atoms with E-state index in [9.17, 15) is 5.26 Å². The maximum Gasteiger partial charge on any atom is 0.124 e. The van der Waals surface area contributed by atoms with Crippen molar-refractivity contribution in [2.24, 2.45) is 0 Å². The van der Waals surface area contributed by atoms with Crippen LogP contribution in [-0.4, -0.2) is 14.5 Å². The Morgan fingerprint density at radius 2 is 2.24 bits per heavy atom. The number of alkyl halides is 1. The molecule has 0 unspecified atom stereocenters. The number of imidazole rings is 1. The minimum absolute atomic E-state index is 0.330. The number of hydrogen-bond acceptors (Lipinski definition) is 4. The summed E-state index contributed by atoms with van der Waals surface area (Å²) in [4.78, 5) is 8.99. The Hall–Kier alpha value is -1.90. The van der Waals surface area contributed by atoms with Crippen molar-refractivity contribution < 1.29 is 0 Å². The number of aromatic nitrogens is 3. The lowest BCUT2D eigenvalue weighted by Crippen LogP contribution is -2.05. The van der Waals surface area contributed by atoms with Gasteiger partial charge in [-0.2, -0.15) is 5.26 Å². The first-order valence-corrected chi connectivity index (χ1v) is 7.99.